The molecule has 1 aromatic rings. The molecule has 4 nitrogen and oxygen atoms in total. The Morgan fingerprint density at radius 1 is 1.29 bits per heavy atom. The lowest BCUT2D eigenvalue weighted by atomic mass is 10.0. The van der Waals surface area contributed by atoms with Crippen molar-refractivity contribution in [3.63, 3.8) is 0 Å². The second-order valence-electron chi connectivity index (χ2n) is 3.69. The van der Waals surface area contributed by atoms with E-state index in [2.05, 4.69) is 0 Å². The van der Waals surface area contributed by atoms with Gasteiger partial charge in [-0.05, 0) is 12.1 Å². The third kappa shape index (κ3) is 2.32. The Kier molecular flexibility index (Phi) is 3.44. The minimum Gasteiger partial charge on any atom is -0.486 e. The van der Waals surface area contributed by atoms with Crippen molar-refractivity contribution in [2.45, 2.75) is 12.5 Å². The molecule has 1 aliphatic rings. The third-order valence-electron chi connectivity index (χ3n) is 2.53. The van der Waals surface area contributed by atoms with Crippen LogP contribution in [0.2, 0.25) is 0 Å². The summed E-state index contributed by atoms with van der Waals surface area (Å²) in [6, 6.07) is 2.43. The fourth-order valence-corrected chi connectivity index (χ4v) is 1.70. The Bertz CT molecular complexity index is 412. The van der Waals surface area contributed by atoms with Gasteiger partial charge in [-0.2, -0.15) is 0 Å². The predicted molar refractivity (Wildman–Crippen MR) is 56.4 cm³/mol. The smallest absolute Gasteiger partial charge is 0.263 e. The van der Waals surface area contributed by atoms with Gasteiger partial charge in [0.15, 0.2) is 11.5 Å². The number of nitrogens with two attached hydrogens (primary N) is 1. The maximum absolute atomic E-state index is 12.7. The highest BCUT2D eigenvalue weighted by Crippen LogP contribution is 2.40. The maximum atomic E-state index is 12.7. The third-order valence-corrected chi connectivity index (χ3v) is 2.53. The fourth-order valence-electron chi connectivity index (χ4n) is 1.70. The molecule has 94 valence electrons. The highest BCUT2D eigenvalue weighted by atomic mass is 19.3. The molecule has 1 atom stereocenters. The van der Waals surface area contributed by atoms with Gasteiger partial charge in [0.05, 0.1) is 6.10 Å². The van der Waals surface area contributed by atoms with E-state index in [1.165, 1.54) is 12.1 Å². The number of halogens is 2. The lowest BCUT2D eigenvalue weighted by Gasteiger charge is -2.23. The highest BCUT2D eigenvalue weighted by Gasteiger charge is 2.23. The van der Waals surface area contributed by atoms with Gasteiger partial charge in [0.1, 0.15) is 13.2 Å². The van der Waals surface area contributed by atoms with Crippen molar-refractivity contribution in [2.24, 2.45) is 5.73 Å². The van der Waals surface area contributed by atoms with Gasteiger partial charge in [-0.15, -0.1) is 0 Å². The summed E-state index contributed by atoms with van der Waals surface area (Å²) in [5.41, 5.74) is 5.37. The number of ether oxygens (including phenoxy) is 2. The molecule has 3 N–H and O–H groups in total. The number of rotatable bonds is 3. The van der Waals surface area contributed by atoms with Crippen LogP contribution in [-0.2, 0) is 0 Å². The van der Waals surface area contributed by atoms with Crippen molar-refractivity contribution in [3.8, 4) is 11.5 Å². The molecule has 0 bridgehead atoms. The number of hydrogen-bond donors (Lipinski definition) is 2. The Hall–Kier alpha value is -1.40. The summed E-state index contributed by atoms with van der Waals surface area (Å²) in [6.45, 7) is 0.561. The van der Waals surface area contributed by atoms with Crippen molar-refractivity contribution in [3.05, 3.63) is 23.3 Å². The molecule has 1 aromatic carbocycles. The standard InChI is InChI=1S/C11H13F2NO3/c12-11(13)6-3-7(8(15)5-14)10-9(4-6)16-1-2-17-10/h3-4,8,11,15H,1-2,5,14H2. The molecular weight excluding hydrogens is 232 g/mol. The normalized spacial score (nSPS) is 16.1. The van der Waals surface area contributed by atoms with Crippen molar-refractivity contribution < 1.29 is 23.4 Å². The van der Waals surface area contributed by atoms with Crippen LogP contribution in [0.25, 0.3) is 0 Å². The largest absolute Gasteiger partial charge is 0.486 e. The summed E-state index contributed by atoms with van der Waals surface area (Å²) in [7, 11) is 0. The van der Waals surface area contributed by atoms with Crippen molar-refractivity contribution in [1.29, 1.82) is 0 Å². The number of alkyl halides is 2. The van der Waals surface area contributed by atoms with Crippen LogP contribution < -0.4 is 15.2 Å². The molecule has 1 heterocycles. The van der Waals surface area contributed by atoms with Gasteiger partial charge in [-0.25, -0.2) is 8.78 Å². The van der Waals surface area contributed by atoms with Crippen molar-refractivity contribution in [1.82, 2.24) is 0 Å². The molecule has 0 radical (unpaired) electrons. The molecule has 1 unspecified atom stereocenters. The SMILES string of the molecule is NCC(O)c1cc(C(F)F)cc2c1OCCO2. The monoisotopic (exact) mass is 245 g/mol. The molecule has 2 rings (SSSR count). The van der Waals surface area contributed by atoms with Crippen LogP contribution in [-0.4, -0.2) is 24.9 Å². The van der Waals surface area contributed by atoms with Crippen LogP contribution >= 0.6 is 0 Å². The first-order chi connectivity index (χ1) is 8.13. The summed E-state index contributed by atoms with van der Waals surface area (Å²) in [5, 5.41) is 9.69. The van der Waals surface area contributed by atoms with Gasteiger partial charge in [0, 0.05) is 17.7 Å². The summed E-state index contributed by atoms with van der Waals surface area (Å²) in [6.07, 6.45) is -3.67. The second-order valence-corrected chi connectivity index (χ2v) is 3.69. The topological polar surface area (TPSA) is 64.7 Å². The molecule has 0 saturated carbocycles. The van der Waals surface area contributed by atoms with Crippen LogP contribution in [0.1, 0.15) is 23.7 Å². The van der Waals surface area contributed by atoms with Gasteiger partial charge in [-0.3, -0.25) is 0 Å². The lowest BCUT2D eigenvalue weighted by Crippen LogP contribution is -2.20. The quantitative estimate of drug-likeness (QED) is 0.844. The van der Waals surface area contributed by atoms with Crippen LogP contribution in [0, 0.1) is 0 Å². The molecular formula is C11H13F2NO3. The number of aliphatic hydroxyl groups is 1. The first-order valence-corrected chi connectivity index (χ1v) is 5.23. The van der Waals surface area contributed by atoms with E-state index in [1.807, 2.05) is 0 Å². The molecule has 0 fully saturated rings. The zero-order valence-corrected chi connectivity index (χ0v) is 9.03. The molecule has 6 heteroatoms. The van der Waals surface area contributed by atoms with Crippen LogP contribution in [0.4, 0.5) is 8.78 Å². The predicted octanol–water partition coefficient (Wildman–Crippen LogP) is 1.39. The Labute approximate surface area is 96.9 Å². The molecule has 0 spiro atoms. The van der Waals surface area contributed by atoms with Crippen molar-refractivity contribution >= 4 is 0 Å². The molecule has 0 saturated heterocycles. The molecule has 0 aromatic heterocycles. The zero-order valence-electron chi connectivity index (χ0n) is 9.03. The van der Waals surface area contributed by atoms with E-state index in [9.17, 15) is 13.9 Å². The van der Waals surface area contributed by atoms with E-state index in [4.69, 9.17) is 15.2 Å². The number of hydrogen-bond acceptors (Lipinski definition) is 4. The van der Waals surface area contributed by atoms with Crippen molar-refractivity contribution in [2.75, 3.05) is 19.8 Å². The van der Waals surface area contributed by atoms with Gasteiger partial charge in [0.25, 0.3) is 6.43 Å². The van der Waals surface area contributed by atoms with E-state index in [1.54, 1.807) is 0 Å². The lowest BCUT2D eigenvalue weighted by molar-refractivity contribution is 0.138. The van der Waals surface area contributed by atoms with E-state index >= 15 is 0 Å². The fraction of sp³-hybridized carbons (Fsp3) is 0.455. The van der Waals surface area contributed by atoms with Crippen LogP contribution in [0.5, 0.6) is 11.5 Å². The first-order valence-electron chi connectivity index (χ1n) is 5.23. The van der Waals surface area contributed by atoms with Gasteiger partial charge < -0.3 is 20.3 Å². The van der Waals surface area contributed by atoms with E-state index in [0.29, 0.717) is 19.0 Å². The number of benzene rings is 1. The number of aliphatic hydroxyl groups excluding tert-OH is 1. The second kappa shape index (κ2) is 4.85. The minimum absolute atomic E-state index is 0.0670. The van der Waals surface area contributed by atoms with Crippen LogP contribution in [0.3, 0.4) is 0 Å². The molecule has 17 heavy (non-hydrogen) atoms. The van der Waals surface area contributed by atoms with E-state index < -0.39 is 12.5 Å². The average molecular weight is 245 g/mol. The Balaban J connectivity index is 2.50. The highest BCUT2D eigenvalue weighted by molar-refractivity contribution is 5.51. The maximum Gasteiger partial charge on any atom is 0.263 e. The van der Waals surface area contributed by atoms with Crippen LogP contribution in [0.15, 0.2) is 12.1 Å². The molecule has 0 aliphatic carbocycles. The van der Waals surface area contributed by atoms with Gasteiger partial charge in [0.2, 0.25) is 0 Å². The van der Waals surface area contributed by atoms with E-state index in [0.717, 1.165) is 0 Å². The van der Waals surface area contributed by atoms with E-state index in [-0.39, 0.29) is 23.4 Å². The summed E-state index contributed by atoms with van der Waals surface area (Å²) >= 11 is 0. The summed E-state index contributed by atoms with van der Waals surface area (Å²) < 4.78 is 35.9. The molecule has 1 aliphatic heterocycles. The number of fused-ring (bicyclic) bond motifs is 1. The Morgan fingerprint density at radius 2 is 2.00 bits per heavy atom. The zero-order chi connectivity index (χ0) is 12.4. The van der Waals surface area contributed by atoms with Gasteiger partial charge >= 0.3 is 0 Å². The summed E-state index contributed by atoms with van der Waals surface area (Å²) in [4.78, 5) is 0. The van der Waals surface area contributed by atoms with Gasteiger partial charge in [-0.1, -0.05) is 0 Å². The Morgan fingerprint density at radius 3 is 2.65 bits per heavy atom. The summed E-state index contributed by atoms with van der Waals surface area (Å²) in [5.74, 6) is 0.537. The average Bonchev–Trinajstić information content (AvgIpc) is 2.36. The first kappa shape index (κ1) is 12.1. The molecule has 0 amide bonds. The minimum atomic E-state index is -2.63.